The number of benzene rings is 2. The molecule has 0 bridgehead atoms. The van der Waals surface area contributed by atoms with Crippen LogP contribution < -0.4 is 5.43 Å². The Labute approximate surface area is 134 Å². The van der Waals surface area contributed by atoms with E-state index in [0.29, 0.717) is 16.5 Å². The third kappa shape index (κ3) is 2.37. The molecule has 3 rings (SSSR count). The first-order valence-electron chi connectivity index (χ1n) is 5.42. The van der Waals surface area contributed by atoms with Gasteiger partial charge in [-0.3, -0.25) is 4.79 Å². The standard InChI is InChI=1S/C15H10O2.Ca.2H/c16-15-12-8-4-5-9-14(12)17-10-13(15)11-6-2-1-3-7-11;;;/h1-10H;;;. The van der Waals surface area contributed by atoms with Gasteiger partial charge >= 0.3 is 37.7 Å². The minimum atomic E-state index is 0. The first-order valence-corrected chi connectivity index (χ1v) is 5.42. The van der Waals surface area contributed by atoms with E-state index in [4.69, 9.17) is 4.42 Å². The van der Waals surface area contributed by atoms with Crippen molar-refractivity contribution in [2.45, 2.75) is 0 Å². The van der Waals surface area contributed by atoms with Crippen molar-refractivity contribution in [3.05, 3.63) is 71.1 Å². The van der Waals surface area contributed by atoms with Crippen molar-refractivity contribution in [3.8, 4) is 11.1 Å². The summed E-state index contributed by atoms with van der Waals surface area (Å²) in [5.41, 5.74) is 2.12. The monoisotopic (exact) mass is 264 g/mol. The van der Waals surface area contributed by atoms with E-state index >= 15 is 0 Å². The van der Waals surface area contributed by atoms with Crippen molar-refractivity contribution in [1.29, 1.82) is 0 Å². The summed E-state index contributed by atoms with van der Waals surface area (Å²) in [6.07, 6.45) is 1.53. The van der Waals surface area contributed by atoms with E-state index in [9.17, 15) is 4.79 Å². The second-order valence-corrected chi connectivity index (χ2v) is 3.84. The molecule has 0 aliphatic rings. The number of hydrogen-bond donors (Lipinski definition) is 0. The Hall–Kier alpha value is -1.09. The van der Waals surface area contributed by atoms with Gasteiger partial charge in [-0.2, -0.15) is 0 Å². The van der Waals surface area contributed by atoms with Crippen LogP contribution in [0.5, 0.6) is 0 Å². The number of hydrogen-bond acceptors (Lipinski definition) is 2. The Morgan fingerprint density at radius 3 is 2.28 bits per heavy atom. The molecule has 0 atom stereocenters. The first-order chi connectivity index (χ1) is 8.36. The summed E-state index contributed by atoms with van der Waals surface area (Å²) in [5, 5.41) is 0.619. The van der Waals surface area contributed by atoms with Crippen molar-refractivity contribution in [1.82, 2.24) is 0 Å². The molecule has 3 heteroatoms. The zero-order valence-corrected chi connectivity index (χ0v) is 9.09. The van der Waals surface area contributed by atoms with Crippen molar-refractivity contribution in [2.75, 3.05) is 0 Å². The predicted octanol–water partition coefficient (Wildman–Crippen LogP) is 2.54. The van der Waals surface area contributed by atoms with Crippen LogP contribution in [-0.4, -0.2) is 37.7 Å². The molecule has 0 spiro atoms. The molecule has 0 amide bonds. The Bertz CT molecular complexity index is 717. The summed E-state index contributed by atoms with van der Waals surface area (Å²) in [6, 6.07) is 16.8. The van der Waals surface area contributed by atoms with Gasteiger partial charge in [0.05, 0.1) is 10.9 Å². The minimum absolute atomic E-state index is 0. The van der Waals surface area contributed by atoms with Crippen LogP contribution >= 0.6 is 0 Å². The summed E-state index contributed by atoms with van der Waals surface area (Å²) < 4.78 is 5.48. The van der Waals surface area contributed by atoms with Gasteiger partial charge in [0.15, 0.2) is 5.43 Å². The van der Waals surface area contributed by atoms with Gasteiger partial charge < -0.3 is 4.42 Å². The zero-order valence-electron chi connectivity index (χ0n) is 9.09. The van der Waals surface area contributed by atoms with Gasteiger partial charge in [-0.05, 0) is 17.7 Å². The zero-order chi connectivity index (χ0) is 11.7. The molecule has 0 aliphatic carbocycles. The number of para-hydroxylation sites is 1. The molecule has 3 aromatic rings. The molecule has 0 unspecified atom stereocenters. The quantitative estimate of drug-likeness (QED) is 0.632. The molecule has 86 valence electrons. The Morgan fingerprint density at radius 2 is 1.50 bits per heavy atom. The molecule has 0 N–H and O–H groups in total. The van der Waals surface area contributed by atoms with Gasteiger partial charge in [0.2, 0.25) is 0 Å². The van der Waals surface area contributed by atoms with Gasteiger partial charge in [0, 0.05) is 0 Å². The van der Waals surface area contributed by atoms with Gasteiger partial charge in [-0.15, -0.1) is 0 Å². The molecule has 1 heterocycles. The molecule has 2 nitrogen and oxygen atoms in total. The maximum absolute atomic E-state index is 12.3. The summed E-state index contributed by atoms with van der Waals surface area (Å²) in [6.45, 7) is 0. The van der Waals surface area contributed by atoms with Crippen LogP contribution in [0, 0.1) is 0 Å². The first kappa shape index (κ1) is 13.3. The van der Waals surface area contributed by atoms with Crippen molar-refractivity contribution >= 4 is 48.7 Å². The molecular weight excluding hydrogens is 252 g/mol. The molecule has 0 aliphatic heterocycles. The van der Waals surface area contributed by atoms with Crippen molar-refractivity contribution in [2.24, 2.45) is 0 Å². The van der Waals surface area contributed by atoms with Crippen LogP contribution in [0.4, 0.5) is 0 Å². The molecule has 1 aromatic heterocycles. The predicted molar refractivity (Wildman–Crippen MR) is 76.5 cm³/mol. The van der Waals surface area contributed by atoms with Crippen LogP contribution in [0.1, 0.15) is 0 Å². The second kappa shape index (κ2) is 5.70. The van der Waals surface area contributed by atoms with Crippen LogP contribution in [0.15, 0.2) is 70.1 Å². The van der Waals surface area contributed by atoms with Gasteiger partial charge in [0.1, 0.15) is 11.8 Å². The molecule has 0 radical (unpaired) electrons. The third-order valence-corrected chi connectivity index (χ3v) is 2.76. The second-order valence-electron chi connectivity index (χ2n) is 3.84. The van der Waals surface area contributed by atoms with E-state index < -0.39 is 0 Å². The summed E-state index contributed by atoms with van der Waals surface area (Å²) in [4.78, 5) is 12.3. The molecule has 18 heavy (non-hydrogen) atoms. The van der Waals surface area contributed by atoms with Gasteiger partial charge in [-0.25, -0.2) is 0 Å². The average Bonchev–Trinajstić information content (AvgIpc) is 2.40. The van der Waals surface area contributed by atoms with Crippen molar-refractivity contribution in [3.63, 3.8) is 0 Å². The van der Waals surface area contributed by atoms with E-state index in [1.165, 1.54) is 6.26 Å². The van der Waals surface area contributed by atoms with Gasteiger partial charge in [-0.1, -0.05) is 42.5 Å². The third-order valence-electron chi connectivity index (χ3n) is 2.76. The van der Waals surface area contributed by atoms with Crippen LogP contribution in [-0.2, 0) is 0 Å². The van der Waals surface area contributed by atoms with Gasteiger partial charge in [0.25, 0.3) is 0 Å². The topological polar surface area (TPSA) is 30.2 Å². The molecule has 0 saturated heterocycles. The molecule has 0 fully saturated rings. The SMILES string of the molecule is O=c1c(-c2ccccc2)coc2ccccc12.[CaH2]. The molecule has 2 aromatic carbocycles. The molecule has 0 saturated carbocycles. The normalized spacial score (nSPS) is 10.0. The van der Waals surface area contributed by atoms with E-state index in [1.807, 2.05) is 42.5 Å². The van der Waals surface area contributed by atoms with E-state index in [0.717, 1.165) is 5.56 Å². The van der Waals surface area contributed by atoms with Crippen LogP contribution in [0.25, 0.3) is 22.1 Å². The summed E-state index contributed by atoms with van der Waals surface area (Å²) in [7, 11) is 0. The Kier molecular flexibility index (Phi) is 4.23. The summed E-state index contributed by atoms with van der Waals surface area (Å²) in [5.74, 6) is 0. The average molecular weight is 264 g/mol. The van der Waals surface area contributed by atoms with Crippen molar-refractivity contribution < 1.29 is 4.42 Å². The number of rotatable bonds is 1. The van der Waals surface area contributed by atoms with E-state index in [1.54, 1.807) is 12.1 Å². The van der Waals surface area contributed by atoms with Crippen LogP contribution in [0.3, 0.4) is 0 Å². The Balaban J connectivity index is 0.00000120. The fourth-order valence-electron chi connectivity index (χ4n) is 1.89. The summed E-state index contributed by atoms with van der Waals surface area (Å²) >= 11 is 0. The maximum atomic E-state index is 12.3. The molecular formula is C15H12CaO2. The Morgan fingerprint density at radius 1 is 0.833 bits per heavy atom. The van der Waals surface area contributed by atoms with E-state index in [-0.39, 0.29) is 43.2 Å². The fraction of sp³-hybridized carbons (Fsp3) is 0. The van der Waals surface area contributed by atoms with Crippen LogP contribution in [0.2, 0.25) is 0 Å². The number of fused-ring (bicyclic) bond motifs is 1. The fourth-order valence-corrected chi connectivity index (χ4v) is 1.89. The van der Waals surface area contributed by atoms with E-state index in [2.05, 4.69) is 0 Å².